The van der Waals surface area contributed by atoms with Crippen molar-refractivity contribution in [3.05, 3.63) is 29.8 Å². The fraction of sp³-hybridized carbons (Fsp3) is 0.600. The highest BCUT2D eigenvalue weighted by Gasteiger charge is 2.50. The molecule has 0 radical (unpaired) electrons. The molecule has 4 saturated carbocycles. The zero-order valence-electron chi connectivity index (χ0n) is 14.9. The molecule has 140 valence electrons. The van der Waals surface area contributed by atoms with E-state index in [9.17, 15) is 9.59 Å². The van der Waals surface area contributed by atoms with E-state index in [0.717, 1.165) is 24.2 Å². The largest absolute Gasteiger partial charge is 0.449 e. The van der Waals surface area contributed by atoms with Gasteiger partial charge in [0.2, 0.25) is 0 Å². The summed E-state index contributed by atoms with van der Waals surface area (Å²) < 4.78 is 5.41. The molecule has 5 rings (SSSR count). The Bertz CT molecular complexity index is 650. The van der Waals surface area contributed by atoms with E-state index in [2.05, 4.69) is 5.32 Å². The van der Waals surface area contributed by atoms with Gasteiger partial charge in [0, 0.05) is 11.3 Å². The summed E-state index contributed by atoms with van der Waals surface area (Å²) in [5.74, 6) is 2.13. The number of benzene rings is 1. The SMILES string of the molecule is O=C(Nc1ccc(C(=O)NO)cc1)OCCC12CC3CC(CC(C3)C1)C2. The van der Waals surface area contributed by atoms with E-state index >= 15 is 0 Å². The van der Waals surface area contributed by atoms with Crippen molar-refractivity contribution in [2.45, 2.75) is 44.9 Å². The van der Waals surface area contributed by atoms with Crippen molar-refractivity contribution in [3.63, 3.8) is 0 Å². The number of nitrogens with one attached hydrogen (secondary N) is 2. The number of anilines is 1. The molecule has 0 saturated heterocycles. The van der Waals surface area contributed by atoms with Crippen molar-refractivity contribution in [3.8, 4) is 0 Å². The van der Waals surface area contributed by atoms with Gasteiger partial charge in [-0.05, 0) is 92.4 Å². The summed E-state index contributed by atoms with van der Waals surface area (Å²) in [4.78, 5) is 23.3. The first-order chi connectivity index (χ1) is 12.5. The van der Waals surface area contributed by atoms with Crippen molar-refractivity contribution < 1.29 is 19.5 Å². The van der Waals surface area contributed by atoms with Crippen molar-refractivity contribution >= 4 is 17.7 Å². The molecule has 0 aliphatic heterocycles. The Balaban J connectivity index is 1.25. The van der Waals surface area contributed by atoms with Crippen LogP contribution in [0.15, 0.2) is 24.3 Å². The van der Waals surface area contributed by atoms with Crippen LogP contribution < -0.4 is 10.8 Å². The predicted molar refractivity (Wildman–Crippen MR) is 95.9 cm³/mol. The van der Waals surface area contributed by atoms with E-state index in [-0.39, 0.29) is 0 Å². The maximum Gasteiger partial charge on any atom is 0.411 e. The van der Waals surface area contributed by atoms with Crippen LogP contribution in [0.1, 0.15) is 55.3 Å². The first-order valence-electron chi connectivity index (χ1n) is 9.53. The van der Waals surface area contributed by atoms with Gasteiger partial charge in [0.05, 0.1) is 6.61 Å². The van der Waals surface area contributed by atoms with Crippen molar-refractivity contribution in [2.24, 2.45) is 23.2 Å². The van der Waals surface area contributed by atoms with Crippen molar-refractivity contribution in [1.29, 1.82) is 0 Å². The van der Waals surface area contributed by atoms with E-state index < -0.39 is 12.0 Å². The molecule has 0 heterocycles. The second-order valence-corrected chi connectivity index (χ2v) is 8.45. The van der Waals surface area contributed by atoms with Gasteiger partial charge in [0.1, 0.15) is 0 Å². The van der Waals surface area contributed by atoms with Gasteiger partial charge >= 0.3 is 6.09 Å². The Morgan fingerprint density at radius 3 is 2.15 bits per heavy atom. The standard InChI is InChI=1S/C20H26N2O4/c23-18(22-25)16-1-3-17(4-2-16)21-19(24)26-6-5-20-10-13-7-14(11-20)9-15(8-13)12-20/h1-4,13-15,25H,5-12H2,(H,21,24)(H,22,23). The summed E-state index contributed by atoms with van der Waals surface area (Å²) in [6.07, 6.45) is 8.73. The molecule has 1 aromatic rings. The Hall–Kier alpha value is -2.08. The van der Waals surface area contributed by atoms with Gasteiger partial charge in [-0.2, -0.15) is 0 Å². The maximum atomic E-state index is 12.0. The molecule has 0 spiro atoms. The monoisotopic (exact) mass is 358 g/mol. The smallest absolute Gasteiger partial charge is 0.411 e. The molecule has 1 aromatic carbocycles. The summed E-state index contributed by atoms with van der Waals surface area (Å²) in [6, 6.07) is 6.25. The molecule has 6 nitrogen and oxygen atoms in total. The minimum Gasteiger partial charge on any atom is -0.449 e. The number of hydrogen-bond acceptors (Lipinski definition) is 4. The lowest BCUT2D eigenvalue weighted by Crippen LogP contribution is -2.46. The van der Waals surface area contributed by atoms with Crippen molar-refractivity contribution in [1.82, 2.24) is 5.48 Å². The molecule has 0 unspecified atom stereocenters. The molecule has 3 N–H and O–H groups in total. The van der Waals surface area contributed by atoms with Crippen LogP contribution >= 0.6 is 0 Å². The van der Waals surface area contributed by atoms with E-state index in [1.165, 1.54) is 50.7 Å². The summed E-state index contributed by atoms with van der Waals surface area (Å²) in [6.45, 7) is 0.461. The van der Waals surface area contributed by atoms with Crippen LogP contribution in [0.5, 0.6) is 0 Å². The molecule has 0 aromatic heterocycles. The first kappa shape index (κ1) is 17.3. The van der Waals surface area contributed by atoms with Gasteiger partial charge < -0.3 is 4.74 Å². The Morgan fingerprint density at radius 2 is 1.62 bits per heavy atom. The highest BCUT2D eigenvalue weighted by atomic mass is 16.5. The van der Waals surface area contributed by atoms with Gasteiger partial charge in [-0.1, -0.05) is 0 Å². The zero-order chi connectivity index (χ0) is 18.1. The van der Waals surface area contributed by atoms with Crippen LogP contribution in [-0.4, -0.2) is 23.8 Å². The van der Waals surface area contributed by atoms with Gasteiger partial charge in [0.15, 0.2) is 0 Å². The number of ether oxygens (including phenoxy) is 1. The predicted octanol–water partition coefficient (Wildman–Crippen LogP) is 3.96. The molecule has 4 aliphatic carbocycles. The average Bonchev–Trinajstić information content (AvgIpc) is 2.60. The Labute approximate surface area is 153 Å². The average molecular weight is 358 g/mol. The molecule has 0 atom stereocenters. The maximum absolute atomic E-state index is 12.0. The number of rotatable bonds is 5. The minimum absolute atomic E-state index is 0.313. The van der Waals surface area contributed by atoms with Crippen molar-refractivity contribution in [2.75, 3.05) is 11.9 Å². The number of amides is 2. The third-order valence-corrected chi connectivity index (χ3v) is 6.53. The van der Waals surface area contributed by atoms with Gasteiger partial charge in [-0.3, -0.25) is 15.3 Å². The molecule has 26 heavy (non-hydrogen) atoms. The Kier molecular flexibility index (Phi) is 4.61. The second kappa shape index (κ2) is 6.91. The first-order valence-corrected chi connectivity index (χ1v) is 9.53. The quantitative estimate of drug-likeness (QED) is 0.549. The molecule has 2 amide bonds. The molecular formula is C20H26N2O4. The lowest BCUT2D eigenvalue weighted by atomic mass is 9.49. The highest BCUT2D eigenvalue weighted by molar-refractivity contribution is 5.94. The van der Waals surface area contributed by atoms with Crippen LogP contribution in [-0.2, 0) is 4.74 Å². The molecule has 4 bridgehead atoms. The fourth-order valence-corrected chi connectivity index (χ4v) is 5.88. The number of hydrogen-bond donors (Lipinski definition) is 3. The van der Waals surface area contributed by atoms with Crippen LogP contribution in [0.3, 0.4) is 0 Å². The number of carbonyl (C=O) groups excluding carboxylic acids is 2. The molecular weight excluding hydrogens is 332 g/mol. The topological polar surface area (TPSA) is 87.7 Å². The summed E-state index contributed by atoms with van der Waals surface area (Å²) in [5, 5.41) is 11.3. The second-order valence-electron chi connectivity index (χ2n) is 8.45. The molecule has 4 aliphatic rings. The van der Waals surface area contributed by atoms with E-state index in [0.29, 0.717) is 23.3 Å². The summed E-state index contributed by atoms with van der Waals surface area (Å²) >= 11 is 0. The zero-order valence-corrected chi connectivity index (χ0v) is 14.9. The van der Waals surface area contributed by atoms with Crippen LogP contribution in [0.25, 0.3) is 0 Å². The van der Waals surface area contributed by atoms with Crippen LogP contribution in [0.4, 0.5) is 10.5 Å². The number of carbonyl (C=O) groups is 2. The van der Waals surface area contributed by atoms with Gasteiger partial charge in [-0.25, -0.2) is 10.3 Å². The third-order valence-electron chi connectivity index (χ3n) is 6.53. The van der Waals surface area contributed by atoms with Crippen LogP contribution in [0, 0.1) is 23.2 Å². The lowest BCUT2D eigenvalue weighted by Gasteiger charge is -2.57. The van der Waals surface area contributed by atoms with Gasteiger partial charge in [-0.15, -0.1) is 0 Å². The lowest BCUT2D eigenvalue weighted by molar-refractivity contribution is -0.0639. The summed E-state index contributed by atoms with van der Waals surface area (Å²) in [7, 11) is 0. The van der Waals surface area contributed by atoms with E-state index in [1.807, 2.05) is 0 Å². The fourth-order valence-electron chi connectivity index (χ4n) is 5.88. The Morgan fingerprint density at radius 1 is 1.04 bits per heavy atom. The minimum atomic E-state index is -0.588. The summed E-state index contributed by atoms with van der Waals surface area (Å²) in [5.41, 5.74) is 2.85. The number of hydroxylamine groups is 1. The molecule has 6 heteroatoms. The molecule has 4 fully saturated rings. The van der Waals surface area contributed by atoms with Crippen LogP contribution in [0.2, 0.25) is 0 Å². The third kappa shape index (κ3) is 3.56. The van der Waals surface area contributed by atoms with E-state index in [1.54, 1.807) is 17.6 Å². The van der Waals surface area contributed by atoms with E-state index in [4.69, 9.17) is 9.94 Å². The van der Waals surface area contributed by atoms with Gasteiger partial charge in [0.25, 0.3) is 5.91 Å². The highest BCUT2D eigenvalue weighted by Crippen LogP contribution is 2.61. The normalized spacial score (nSPS) is 31.5.